The molecule has 1 aliphatic heterocycles. The van der Waals surface area contributed by atoms with Crippen LogP contribution in [0.3, 0.4) is 0 Å². The summed E-state index contributed by atoms with van der Waals surface area (Å²) in [6, 6.07) is 21.5. The molecule has 108 valence electrons. The van der Waals surface area contributed by atoms with E-state index in [0.717, 1.165) is 27.8 Å². The third kappa shape index (κ3) is 2.02. The number of ether oxygens (including phenoxy) is 1. The van der Waals surface area contributed by atoms with Gasteiger partial charge in [0, 0.05) is 5.56 Å². The largest absolute Gasteiger partial charge is 0.490 e. The van der Waals surface area contributed by atoms with E-state index in [1.54, 1.807) is 4.90 Å². The molecule has 4 rings (SSSR count). The Hall–Kier alpha value is -2.81. The van der Waals surface area contributed by atoms with Crippen LogP contribution < -0.4 is 9.64 Å². The highest BCUT2D eigenvalue weighted by atomic mass is 16.5. The van der Waals surface area contributed by atoms with Crippen LogP contribution in [0.15, 0.2) is 66.7 Å². The van der Waals surface area contributed by atoms with Crippen molar-refractivity contribution in [3.63, 3.8) is 0 Å². The second-order valence-electron chi connectivity index (χ2n) is 5.30. The van der Waals surface area contributed by atoms with Gasteiger partial charge in [-0.15, -0.1) is 0 Å². The van der Waals surface area contributed by atoms with Gasteiger partial charge in [0.15, 0.2) is 0 Å². The average Bonchev–Trinajstić information content (AvgIpc) is 2.60. The summed E-state index contributed by atoms with van der Waals surface area (Å²) >= 11 is 0. The maximum atomic E-state index is 13.0. The molecule has 22 heavy (non-hydrogen) atoms. The fourth-order valence-corrected chi connectivity index (χ4v) is 2.94. The summed E-state index contributed by atoms with van der Waals surface area (Å²) in [5, 5.41) is 2.06. The predicted molar refractivity (Wildman–Crippen MR) is 87.6 cm³/mol. The molecule has 0 atom stereocenters. The molecule has 1 heterocycles. The summed E-state index contributed by atoms with van der Waals surface area (Å²) in [6.07, 6.45) is 0. The molecular formula is C19H15NO2. The average molecular weight is 289 g/mol. The molecule has 0 N–H and O–H groups in total. The Morgan fingerprint density at radius 1 is 0.909 bits per heavy atom. The first-order valence-corrected chi connectivity index (χ1v) is 7.36. The zero-order valence-electron chi connectivity index (χ0n) is 12.0. The number of hydrogen-bond donors (Lipinski definition) is 0. The lowest BCUT2D eigenvalue weighted by Crippen LogP contribution is -2.38. The van der Waals surface area contributed by atoms with Gasteiger partial charge in [-0.05, 0) is 29.0 Å². The second kappa shape index (κ2) is 5.19. The molecule has 0 aliphatic carbocycles. The molecule has 1 amide bonds. The fourth-order valence-electron chi connectivity index (χ4n) is 2.94. The molecule has 3 aromatic carbocycles. The van der Waals surface area contributed by atoms with Gasteiger partial charge in [-0.25, -0.2) is 0 Å². The van der Waals surface area contributed by atoms with Crippen LogP contribution in [0.25, 0.3) is 10.8 Å². The molecule has 3 heteroatoms. The van der Waals surface area contributed by atoms with E-state index in [1.807, 2.05) is 66.7 Å². The SMILES string of the molecule is O=C(c1cccc2ccccc12)N1CCOc2ccccc21. The Bertz CT molecular complexity index is 851. The first-order valence-electron chi connectivity index (χ1n) is 7.36. The Morgan fingerprint density at radius 3 is 2.64 bits per heavy atom. The van der Waals surface area contributed by atoms with Crippen LogP contribution in [-0.2, 0) is 0 Å². The molecular weight excluding hydrogens is 274 g/mol. The standard InChI is InChI=1S/C19H15NO2/c21-19(16-9-5-7-14-6-1-2-8-15(14)16)20-12-13-22-18-11-4-3-10-17(18)20/h1-11H,12-13H2. The van der Waals surface area contributed by atoms with Gasteiger partial charge < -0.3 is 9.64 Å². The van der Waals surface area contributed by atoms with E-state index in [2.05, 4.69) is 0 Å². The van der Waals surface area contributed by atoms with Crippen molar-refractivity contribution >= 4 is 22.4 Å². The van der Waals surface area contributed by atoms with Gasteiger partial charge >= 0.3 is 0 Å². The zero-order valence-corrected chi connectivity index (χ0v) is 12.0. The molecule has 0 spiro atoms. The Morgan fingerprint density at radius 2 is 1.68 bits per heavy atom. The van der Waals surface area contributed by atoms with E-state index in [1.165, 1.54) is 0 Å². The Labute approximate surface area is 128 Å². The smallest absolute Gasteiger partial charge is 0.259 e. The molecule has 0 aromatic heterocycles. The van der Waals surface area contributed by atoms with Crippen molar-refractivity contribution in [1.29, 1.82) is 0 Å². The van der Waals surface area contributed by atoms with Crippen molar-refractivity contribution in [1.82, 2.24) is 0 Å². The minimum absolute atomic E-state index is 0.0209. The van der Waals surface area contributed by atoms with Crippen LogP contribution >= 0.6 is 0 Å². The summed E-state index contributed by atoms with van der Waals surface area (Å²) < 4.78 is 5.63. The van der Waals surface area contributed by atoms with Gasteiger partial charge in [0.05, 0.1) is 12.2 Å². The number of rotatable bonds is 1. The van der Waals surface area contributed by atoms with Crippen molar-refractivity contribution < 1.29 is 9.53 Å². The molecule has 0 radical (unpaired) electrons. The Balaban J connectivity index is 1.82. The quantitative estimate of drug-likeness (QED) is 0.680. The maximum absolute atomic E-state index is 13.0. The Kier molecular flexibility index (Phi) is 3.04. The summed E-state index contributed by atoms with van der Waals surface area (Å²) in [5.74, 6) is 0.787. The highest BCUT2D eigenvalue weighted by Crippen LogP contribution is 2.32. The second-order valence-corrected chi connectivity index (χ2v) is 5.30. The highest BCUT2D eigenvalue weighted by Gasteiger charge is 2.25. The number of anilines is 1. The number of nitrogens with zero attached hydrogens (tertiary/aromatic N) is 1. The van der Waals surface area contributed by atoms with Gasteiger partial charge in [0.2, 0.25) is 0 Å². The van der Waals surface area contributed by atoms with Gasteiger partial charge in [0.1, 0.15) is 12.4 Å². The number of carbonyl (C=O) groups excluding carboxylic acids is 1. The molecule has 1 aliphatic rings. The first-order chi connectivity index (χ1) is 10.8. The highest BCUT2D eigenvalue weighted by molar-refractivity contribution is 6.14. The number of benzene rings is 3. The molecule has 0 saturated heterocycles. The van der Waals surface area contributed by atoms with E-state index in [4.69, 9.17) is 4.74 Å². The number of fused-ring (bicyclic) bond motifs is 2. The monoisotopic (exact) mass is 289 g/mol. The third-order valence-electron chi connectivity index (χ3n) is 3.99. The van der Waals surface area contributed by atoms with Gasteiger partial charge in [-0.3, -0.25) is 4.79 Å². The molecule has 0 unspecified atom stereocenters. The van der Waals surface area contributed by atoms with E-state index >= 15 is 0 Å². The van der Waals surface area contributed by atoms with Crippen LogP contribution in [0.1, 0.15) is 10.4 Å². The van der Waals surface area contributed by atoms with Gasteiger partial charge in [-0.1, -0.05) is 48.5 Å². The minimum Gasteiger partial charge on any atom is -0.490 e. The van der Waals surface area contributed by atoms with E-state index in [-0.39, 0.29) is 5.91 Å². The van der Waals surface area contributed by atoms with E-state index in [0.29, 0.717) is 13.2 Å². The topological polar surface area (TPSA) is 29.5 Å². The van der Waals surface area contributed by atoms with Crippen molar-refractivity contribution in [2.24, 2.45) is 0 Å². The zero-order chi connectivity index (χ0) is 14.9. The van der Waals surface area contributed by atoms with Crippen molar-refractivity contribution in [3.8, 4) is 5.75 Å². The van der Waals surface area contributed by atoms with E-state index in [9.17, 15) is 4.79 Å². The summed E-state index contributed by atoms with van der Waals surface area (Å²) in [5.41, 5.74) is 1.57. The van der Waals surface area contributed by atoms with Crippen LogP contribution in [0.5, 0.6) is 5.75 Å². The minimum atomic E-state index is 0.0209. The number of para-hydroxylation sites is 2. The van der Waals surface area contributed by atoms with Crippen molar-refractivity contribution in [3.05, 3.63) is 72.3 Å². The fraction of sp³-hybridized carbons (Fsp3) is 0.105. The predicted octanol–water partition coefficient (Wildman–Crippen LogP) is 3.88. The summed E-state index contributed by atoms with van der Waals surface area (Å²) in [6.45, 7) is 1.09. The molecule has 0 fully saturated rings. The van der Waals surface area contributed by atoms with Crippen molar-refractivity contribution in [2.75, 3.05) is 18.1 Å². The van der Waals surface area contributed by atoms with Crippen LogP contribution in [-0.4, -0.2) is 19.1 Å². The lowest BCUT2D eigenvalue weighted by Gasteiger charge is -2.29. The van der Waals surface area contributed by atoms with Crippen LogP contribution in [0.4, 0.5) is 5.69 Å². The summed E-state index contributed by atoms with van der Waals surface area (Å²) in [4.78, 5) is 14.9. The van der Waals surface area contributed by atoms with Crippen molar-refractivity contribution in [2.45, 2.75) is 0 Å². The number of carbonyl (C=O) groups is 1. The first kappa shape index (κ1) is 12.9. The van der Waals surface area contributed by atoms with Crippen LogP contribution in [0, 0.1) is 0 Å². The summed E-state index contributed by atoms with van der Waals surface area (Å²) in [7, 11) is 0. The number of hydrogen-bond acceptors (Lipinski definition) is 2. The van der Waals surface area contributed by atoms with Gasteiger partial charge in [-0.2, -0.15) is 0 Å². The van der Waals surface area contributed by atoms with Gasteiger partial charge in [0.25, 0.3) is 5.91 Å². The number of amides is 1. The lowest BCUT2D eigenvalue weighted by molar-refractivity contribution is 0.0978. The maximum Gasteiger partial charge on any atom is 0.259 e. The molecule has 3 aromatic rings. The normalized spacial score (nSPS) is 13.5. The molecule has 0 saturated carbocycles. The molecule has 0 bridgehead atoms. The third-order valence-corrected chi connectivity index (χ3v) is 3.99. The van der Waals surface area contributed by atoms with E-state index < -0.39 is 0 Å². The van der Waals surface area contributed by atoms with Crippen LogP contribution in [0.2, 0.25) is 0 Å². The lowest BCUT2D eigenvalue weighted by atomic mass is 10.0. The molecule has 3 nitrogen and oxygen atoms in total.